The number of ether oxygens (including phenoxy) is 2. The SMILES string of the molecule is COc1ccccc1NC(=O)COc1ccc(/C=N\NC(=O)c2ccc3ccccc3c2)cc1. The molecule has 7 nitrogen and oxygen atoms in total. The van der Waals surface area contributed by atoms with E-state index in [4.69, 9.17) is 9.47 Å². The molecule has 0 spiro atoms. The van der Waals surface area contributed by atoms with E-state index < -0.39 is 0 Å². The molecule has 0 bridgehead atoms. The molecule has 0 saturated carbocycles. The van der Waals surface area contributed by atoms with Gasteiger partial charge in [-0.05, 0) is 64.9 Å². The van der Waals surface area contributed by atoms with E-state index in [1.54, 1.807) is 49.6 Å². The fourth-order valence-electron chi connectivity index (χ4n) is 3.29. The molecule has 0 aliphatic carbocycles. The number of amides is 2. The van der Waals surface area contributed by atoms with E-state index in [0.717, 1.165) is 16.3 Å². The Morgan fingerprint density at radius 3 is 2.41 bits per heavy atom. The zero-order valence-electron chi connectivity index (χ0n) is 18.5. The van der Waals surface area contributed by atoms with Crippen LogP contribution in [0.25, 0.3) is 10.8 Å². The predicted octanol–water partition coefficient (Wildman–Crippen LogP) is 4.63. The number of methoxy groups -OCH3 is 1. The van der Waals surface area contributed by atoms with E-state index in [1.165, 1.54) is 6.21 Å². The van der Waals surface area contributed by atoms with Gasteiger partial charge in [0.05, 0.1) is 19.0 Å². The second-order valence-corrected chi connectivity index (χ2v) is 7.37. The van der Waals surface area contributed by atoms with Gasteiger partial charge in [0, 0.05) is 5.56 Å². The minimum absolute atomic E-state index is 0.146. The molecular formula is C27H23N3O4. The number of benzene rings is 4. The van der Waals surface area contributed by atoms with Gasteiger partial charge >= 0.3 is 0 Å². The first kappa shape index (κ1) is 22.5. The van der Waals surface area contributed by atoms with Crippen molar-refractivity contribution in [2.45, 2.75) is 0 Å². The van der Waals surface area contributed by atoms with Gasteiger partial charge in [-0.2, -0.15) is 5.10 Å². The molecule has 7 heteroatoms. The molecule has 4 rings (SSSR count). The molecule has 0 aliphatic rings. The van der Waals surface area contributed by atoms with Gasteiger partial charge in [-0.15, -0.1) is 0 Å². The van der Waals surface area contributed by atoms with Crippen molar-refractivity contribution in [3.63, 3.8) is 0 Å². The van der Waals surface area contributed by atoms with Crippen LogP contribution in [-0.2, 0) is 4.79 Å². The Morgan fingerprint density at radius 1 is 0.882 bits per heavy atom. The molecule has 0 saturated heterocycles. The summed E-state index contributed by atoms with van der Waals surface area (Å²) in [5, 5.41) is 8.84. The monoisotopic (exact) mass is 453 g/mol. The standard InChI is InChI=1S/C27H23N3O4/c1-33-25-9-5-4-8-24(25)29-26(31)18-34-23-14-10-19(11-15-23)17-28-30-27(32)22-13-12-20-6-2-3-7-21(20)16-22/h2-17H,18H2,1H3,(H,29,31)(H,30,32)/b28-17-. The van der Waals surface area contributed by atoms with Gasteiger partial charge in [-0.3, -0.25) is 9.59 Å². The van der Waals surface area contributed by atoms with E-state index in [0.29, 0.717) is 22.7 Å². The number of nitrogens with one attached hydrogen (secondary N) is 2. The summed E-state index contributed by atoms with van der Waals surface area (Å²) in [4.78, 5) is 24.5. The number of anilines is 1. The van der Waals surface area contributed by atoms with E-state index >= 15 is 0 Å². The second kappa shape index (κ2) is 10.8. The van der Waals surface area contributed by atoms with Gasteiger partial charge in [0.1, 0.15) is 11.5 Å². The number of hydrogen-bond donors (Lipinski definition) is 2. The zero-order valence-corrected chi connectivity index (χ0v) is 18.5. The van der Waals surface area contributed by atoms with Crippen molar-refractivity contribution < 1.29 is 19.1 Å². The van der Waals surface area contributed by atoms with Crippen LogP contribution in [0.2, 0.25) is 0 Å². The van der Waals surface area contributed by atoms with E-state index in [9.17, 15) is 9.59 Å². The van der Waals surface area contributed by atoms with Crippen LogP contribution in [0, 0.1) is 0 Å². The maximum absolute atomic E-state index is 12.4. The van der Waals surface area contributed by atoms with Gasteiger partial charge in [0.15, 0.2) is 6.61 Å². The molecular weight excluding hydrogens is 430 g/mol. The van der Waals surface area contributed by atoms with E-state index in [2.05, 4.69) is 15.8 Å². The lowest BCUT2D eigenvalue weighted by atomic mass is 10.1. The van der Waals surface area contributed by atoms with Crippen molar-refractivity contribution in [3.8, 4) is 11.5 Å². The van der Waals surface area contributed by atoms with Gasteiger partial charge in [-0.1, -0.05) is 42.5 Å². The van der Waals surface area contributed by atoms with Crippen LogP contribution in [0.4, 0.5) is 5.69 Å². The normalized spacial score (nSPS) is 10.7. The first-order chi connectivity index (χ1) is 16.6. The summed E-state index contributed by atoms with van der Waals surface area (Å²) in [5.41, 5.74) is 4.42. The minimum Gasteiger partial charge on any atom is -0.495 e. The molecule has 0 fully saturated rings. The van der Waals surface area contributed by atoms with Crippen molar-refractivity contribution >= 4 is 34.5 Å². The largest absolute Gasteiger partial charge is 0.495 e. The van der Waals surface area contributed by atoms with Gasteiger partial charge < -0.3 is 14.8 Å². The highest BCUT2D eigenvalue weighted by Gasteiger charge is 2.08. The third-order valence-electron chi connectivity index (χ3n) is 5.02. The highest BCUT2D eigenvalue weighted by atomic mass is 16.5. The fraction of sp³-hybridized carbons (Fsp3) is 0.0741. The average Bonchev–Trinajstić information content (AvgIpc) is 2.88. The minimum atomic E-state index is -0.299. The summed E-state index contributed by atoms with van der Waals surface area (Å²) in [6.07, 6.45) is 1.54. The highest BCUT2D eigenvalue weighted by molar-refractivity contribution is 5.99. The summed E-state index contributed by atoms with van der Waals surface area (Å²) in [5.74, 6) is 0.522. The number of hydrazone groups is 1. The van der Waals surface area contributed by atoms with Crippen molar-refractivity contribution in [3.05, 3.63) is 102 Å². The lowest BCUT2D eigenvalue weighted by Gasteiger charge is -2.10. The molecule has 2 amide bonds. The van der Waals surface area contributed by atoms with Gasteiger partial charge in [-0.25, -0.2) is 5.43 Å². The Bertz CT molecular complexity index is 1330. The van der Waals surface area contributed by atoms with E-state index in [-0.39, 0.29) is 18.4 Å². The molecule has 0 aromatic heterocycles. The first-order valence-electron chi connectivity index (χ1n) is 10.6. The summed E-state index contributed by atoms with van der Waals surface area (Å²) in [6, 6.07) is 27.5. The van der Waals surface area contributed by atoms with E-state index in [1.807, 2.05) is 48.5 Å². The maximum Gasteiger partial charge on any atom is 0.271 e. The lowest BCUT2D eigenvalue weighted by Crippen LogP contribution is -2.20. The van der Waals surface area contributed by atoms with Crippen molar-refractivity contribution in [1.29, 1.82) is 0 Å². The van der Waals surface area contributed by atoms with Crippen LogP contribution < -0.4 is 20.2 Å². The number of hydrogen-bond acceptors (Lipinski definition) is 5. The van der Waals surface area contributed by atoms with Crippen LogP contribution >= 0.6 is 0 Å². The zero-order chi connectivity index (χ0) is 23.8. The molecule has 4 aromatic rings. The molecule has 0 aliphatic heterocycles. The third kappa shape index (κ3) is 5.77. The molecule has 0 atom stereocenters. The van der Waals surface area contributed by atoms with Crippen molar-refractivity contribution in [1.82, 2.24) is 5.43 Å². The third-order valence-corrected chi connectivity index (χ3v) is 5.02. The van der Waals surface area contributed by atoms with Crippen molar-refractivity contribution in [2.24, 2.45) is 5.10 Å². The summed E-state index contributed by atoms with van der Waals surface area (Å²) >= 11 is 0. The lowest BCUT2D eigenvalue weighted by molar-refractivity contribution is -0.118. The van der Waals surface area contributed by atoms with Crippen LogP contribution in [-0.4, -0.2) is 31.7 Å². The summed E-state index contributed by atoms with van der Waals surface area (Å²) < 4.78 is 10.8. The quantitative estimate of drug-likeness (QED) is 0.301. The van der Waals surface area contributed by atoms with Crippen LogP contribution in [0.3, 0.4) is 0 Å². The smallest absolute Gasteiger partial charge is 0.271 e. The summed E-state index contributed by atoms with van der Waals surface area (Å²) in [6.45, 7) is -0.146. The Hall–Kier alpha value is -4.65. The molecule has 0 radical (unpaired) electrons. The molecule has 0 heterocycles. The number of rotatable bonds is 8. The Balaban J connectivity index is 1.27. The molecule has 4 aromatic carbocycles. The van der Waals surface area contributed by atoms with Gasteiger partial charge in [0.2, 0.25) is 0 Å². The molecule has 34 heavy (non-hydrogen) atoms. The maximum atomic E-state index is 12.4. The Morgan fingerprint density at radius 2 is 1.62 bits per heavy atom. The topological polar surface area (TPSA) is 89.0 Å². The van der Waals surface area contributed by atoms with Crippen LogP contribution in [0.1, 0.15) is 15.9 Å². The van der Waals surface area contributed by atoms with Crippen LogP contribution in [0.15, 0.2) is 96.1 Å². The number of para-hydroxylation sites is 2. The number of carbonyl (C=O) groups is 2. The fourth-order valence-corrected chi connectivity index (χ4v) is 3.29. The first-order valence-corrected chi connectivity index (χ1v) is 10.6. The molecule has 0 unspecified atom stereocenters. The highest BCUT2D eigenvalue weighted by Crippen LogP contribution is 2.23. The molecule has 170 valence electrons. The predicted molar refractivity (Wildman–Crippen MR) is 133 cm³/mol. The Kier molecular flexibility index (Phi) is 7.15. The van der Waals surface area contributed by atoms with Crippen molar-refractivity contribution in [2.75, 3.05) is 19.0 Å². The number of carbonyl (C=O) groups excluding carboxylic acids is 2. The number of fused-ring (bicyclic) bond motifs is 1. The summed E-state index contributed by atoms with van der Waals surface area (Å²) in [7, 11) is 1.54. The Labute approximate surface area is 197 Å². The second-order valence-electron chi connectivity index (χ2n) is 7.37. The molecule has 2 N–H and O–H groups in total. The average molecular weight is 453 g/mol. The van der Waals surface area contributed by atoms with Crippen LogP contribution in [0.5, 0.6) is 11.5 Å². The number of nitrogens with zero attached hydrogens (tertiary/aromatic N) is 1. The van der Waals surface area contributed by atoms with Gasteiger partial charge in [0.25, 0.3) is 11.8 Å².